The highest BCUT2D eigenvalue weighted by Gasteiger charge is 2.56. The number of hydrogen-bond donors (Lipinski definition) is 2. The number of aliphatic hydroxyl groups is 1. The van der Waals surface area contributed by atoms with E-state index in [1.165, 1.54) is 11.9 Å². The summed E-state index contributed by atoms with van der Waals surface area (Å²) in [5, 5.41) is 11.6. The highest BCUT2D eigenvalue weighted by Crippen LogP contribution is 2.42. The van der Waals surface area contributed by atoms with E-state index < -0.39 is 30.2 Å². The van der Waals surface area contributed by atoms with Crippen LogP contribution < -0.4 is 4.90 Å². The van der Waals surface area contributed by atoms with E-state index in [2.05, 4.69) is 9.97 Å². The number of likely N-dealkylation sites (N-methyl/N-ethyl adjacent to an activating group) is 1. The zero-order valence-corrected chi connectivity index (χ0v) is 16.1. The maximum atomic E-state index is 13.9. The van der Waals surface area contributed by atoms with Gasteiger partial charge in [-0.2, -0.15) is 13.2 Å². The first-order valence-electron chi connectivity index (χ1n) is 9.00. The number of nitrogens with zero attached hydrogens (tertiary/aromatic N) is 2. The van der Waals surface area contributed by atoms with Gasteiger partial charge in [-0.25, -0.2) is 0 Å². The fourth-order valence-corrected chi connectivity index (χ4v) is 3.61. The summed E-state index contributed by atoms with van der Waals surface area (Å²) in [7, 11) is 1.53. The number of rotatable bonds is 6. The molecule has 28 heavy (non-hydrogen) atoms. The lowest BCUT2D eigenvalue weighted by Crippen LogP contribution is -2.55. The number of alkyl halides is 3. The summed E-state index contributed by atoms with van der Waals surface area (Å²) in [6.45, 7) is 2.84. The van der Waals surface area contributed by atoms with Crippen LogP contribution in [0.15, 0.2) is 54.9 Å². The van der Waals surface area contributed by atoms with Gasteiger partial charge in [-0.3, -0.25) is 4.98 Å². The van der Waals surface area contributed by atoms with E-state index in [4.69, 9.17) is 0 Å². The quantitative estimate of drug-likeness (QED) is 0.643. The summed E-state index contributed by atoms with van der Waals surface area (Å²) in [5.41, 5.74) is -2.22. The van der Waals surface area contributed by atoms with Gasteiger partial charge >= 0.3 is 6.18 Å². The predicted octanol–water partition coefficient (Wildman–Crippen LogP) is 4.66. The Bertz CT molecular complexity index is 904. The van der Waals surface area contributed by atoms with Crippen molar-refractivity contribution in [1.82, 2.24) is 9.97 Å². The van der Waals surface area contributed by atoms with E-state index in [9.17, 15) is 18.3 Å². The second-order valence-electron chi connectivity index (χ2n) is 7.93. The molecule has 0 fully saturated rings. The summed E-state index contributed by atoms with van der Waals surface area (Å²) >= 11 is 0. The molecule has 1 unspecified atom stereocenters. The number of anilines is 1. The highest BCUT2D eigenvalue weighted by atomic mass is 19.4. The molecule has 2 N–H and O–H groups in total. The van der Waals surface area contributed by atoms with Crippen molar-refractivity contribution in [3.05, 3.63) is 60.4 Å². The van der Waals surface area contributed by atoms with E-state index in [1.807, 2.05) is 6.07 Å². The molecule has 0 saturated carbocycles. The lowest BCUT2D eigenvalue weighted by atomic mass is 9.74. The first-order valence-corrected chi connectivity index (χ1v) is 9.00. The molecule has 0 saturated heterocycles. The summed E-state index contributed by atoms with van der Waals surface area (Å²) in [5.74, 6) is 0.489. The van der Waals surface area contributed by atoms with Crippen molar-refractivity contribution in [3.8, 4) is 0 Å². The second kappa shape index (κ2) is 7.13. The molecule has 0 bridgehead atoms. The van der Waals surface area contributed by atoms with Gasteiger partial charge in [0.2, 0.25) is 0 Å². The van der Waals surface area contributed by atoms with E-state index in [0.29, 0.717) is 5.82 Å². The van der Waals surface area contributed by atoms with Gasteiger partial charge in [-0.1, -0.05) is 44.2 Å². The molecule has 1 aromatic carbocycles. The van der Waals surface area contributed by atoms with E-state index in [0.717, 1.165) is 16.5 Å². The van der Waals surface area contributed by atoms with Crippen molar-refractivity contribution in [2.75, 3.05) is 18.5 Å². The molecule has 1 atom stereocenters. The molecule has 0 spiro atoms. The van der Waals surface area contributed by atoms with E-state index >= 15 is 0 Å². The topological polar surface area (TPSA) is 52.1 Å². The predicted molar refractivity (Wildman–Crippen MR) is 104 cm³/mol. The van der Waals surface area contributed by atoms with E-state index in [1.54, 1.807) is 62.6 Å². The lowest BCUT2D eigenvalue weighted by molar-refractivity contribution is -0.262. The number of nitrogens with one attached hydrogen (secondary N) is 1. The van der Waals surface area contributed by atoms with Gasteiger partial charge in [0.25, 0.3) is 0 Å². The van der Waals surface area contributed by atoms with Crippen LogP contribution in [0.25, 0.3) is 10.9 Å². The molecule has 0 aliphatic rings. The monoisotopic (exact) mass is 391 g/mol. The third-order valence-corrected chi connectivity index (χ3v) is 5.13. The number of hydrogen-bond acceptors (Lipinski definition) is 3. The van der Waals surface area contributed by atoms with Gasteiger partial charge in [-0.15, -0.1) is 0 Å². The molecule has 7 heteroatoms. The largest absolute Gasteiger partial charge is 0.418 e. The highest BCUT2D eigenvalue weighted by molar-refractivity contribution is 5.83. The second-order valence-corrected chi connectivity index (χ2v) is 7.93. The number of halogens is 3. The van der Waals surface area contributed by atoms with Gasteiger partial charge in [0.1, 0.15) is 5.82 Å². The Hall–Kier alpha value is -2.54. The molecule has 3 aromatic rings. The standard InChI is InChI=1S/C21H24F3N3O/c1-19(2,16-7-5-4-6-8-16)13-20(28,21(22,23)24)14-27(3)18-11-15-12-25-10-9-17(15)26-18/h4-12,26,28H,13-14H2,1-3H3. The third kappa shape index (κ3) is 3.99. The molecular formula is C21H24F3N3O. The van der Waals surface area contributed by atoms with Crippen molar-refractivity contribution < 1.29 is 18.3 Å². The van der Waals surface area contributed by atoms with Crippen molar-refractivity contribution in [1.29, 1.82) is 0 Å². The molecule has 0 aliphatic carbocycles. The minimum absolute atomic E-state index is 0.459. The maximum Gasteiger partial charge on any atom is 0.418 e. The fraction of sp³-hybridized carbons (Fsp3) is 0.381. The third-order valence-electron chi connectivity index (χ3n) is 5.13. The fourth-order valence-electron chi connectivity index (χ4n) is 3.61. The molecule has 3 rings (SSSR count). The normalized spacial score (nSPS) is 14.8. The Morgan fingerprint density at radius 3 is 2.39 bits per heavy atom. The molecule has 0 amide bonds. The first-order chi connectivity index (χ1) is 13.0. The van der Waals surface area contributed by atoms with Crippen molar-refractivity contribution in [2.45, 2.75) is 37.5 Å². The van der Waals surface area contributed by atoms with Gasteiger partial charge in [0, 0.05) is 24.8 Å². The minimum Gasteiger partial charge on any atom is -0.379 e. The average Bonchev–Trinajstić information content (AvgIpc) is 3.05. The van der Waals surface area contributed by atoms with Gasteiger partial charge in [-0.05, 0) is 29.5 Å². The Morgan fingerprint density at radius 2 is 1.79 bits per heavy atom. The van der Waals surface area contributed by atoms with Crippen LogP contribution in [0.4, 0.5) is 19.0 Å². The number of aromatic nitrogens is 2. The number of fused-ring (bicyclic) bond motifs is 1. The molecule has 150 valence electrons. The zero-order valence-electron chi connectivity index (χ0n) is 16.1. The minimum atomic E-state index is -4.78. The summed E-state index contributed by atoms with van der Waals surface area (Å²) in [4.78, 5) is 8.48. The number of aromatic amines is 1. The molecule has 2 heterocycles. The summed E-state index contributed by atoms with van der Waals surface area (Å²) in [6.07, 6.45) is -1.99. The van der Waals surface area contributed by atoms with Gasteiger partial charge in [0.15, 0.2) is 5.60 Å². The van der Waals surface area contributed by atoms with Crippen LogP contribution in [0.1, 0.15) is 25.8 Å². The number of H-pyrrole nitrogens is 1. The Kier molecular flexibility index (Phi) is 5.14. The summed E-state index contributed by atoms with van der Waals surface area (Å²) < 4.78 is 41.8. The Labute approximate surface area is 162 Å². The molecule has 0 radical (unpaired) electrons. The van der Waals surface area contributed by atoms with Gasteiger partial charge in [0.05, 0.1) is 12.1 Å². The lowest BCUT2D eigenvalue weighted by Gasteiger charge is -2.40. The van der Waals surface area contributed by atoms with E-state index in [-0.39, 0.29) is 0 Å². The Morgan fingerprint density at radius 1 is 1.11 bits per heavy atom. The molecular weight excluding hydrogens is 367 g/mol. The van der Waals surface area contributed by atoms with Crippen LogP contribution in [0.3, 0.4) is 0 Å². The van der Waals surface area contributed by atoms with Crippen molar-refractivity contribution in [2.24, 2.45) is 0 Å². The summed E-state index contributed by atoms with van der Waals surface area (Å²) in [6, 6.07) is 12.4. The van der Waals surface area contributed by atoms with Crippen molar-refractivity contribution in [3.63, 3.8) is 0 Å². The van der Waals surface area contributed by atoms with Crippen molar-refractivity contribution >= 4 is 16.7 Å². The molecule has 2 aromatic heterocycles. The molecule has 4 nitrogen and oxygen atoms in total. The van der Waals surface area contributed by atoms with Crippen LogP contribution >= 0.6 is 0 Å². The number of pyridine rings is 1. The van der Waals surface area contributed by atoms with Crippen LogP contribution in [-0.4, -0.2) is 40.4 Å². The van der Waals surface area contributed by atoms with Gasteiger partial charge < -0.3 is 15.0 Å². The maximum absolute atomic E-state index is 13.9. The SMILES string of the molecule is CN(CC(O)(CC(C)(C)c1ccccc1)C(F)(F)F)c1cc2cnccc2[nH]1. The Balaban J connectivity index is 1.88. The van der Waals surface area contributed by atoms with Crippen LogP contribution in [0.5, 0.6) is 0 Å². The smallest absolute Gasteiger partial charge is 0.379 e. The average molecular weight is 391 g/mol. The zero-order chi connectivity index (χ0) is 20.6. The van der Waals surface area contributed by atoms with Crippen LogP contribution in [0.2, 0.25) is 0 Å². The van der Waals surface area contributed by atoms with Crippen LogP contribution in [-0.2, 0) is 5.41 Å². The van der Waals surface area contributed by atoms with Crippen LogP contribution in [0, 0.1) is 0 Å². The first kappa shape index (κ1) is 20.2. The molecule has 0 aliphatic heterocycles. The number of benzene rings is 1.